The molecule has 1 amide bonds. The lowest BCUT2D eigenvalue weighted by molar-refractivity contribution is 0.102. The van der Waals surface area contributed by atoms with E-state index >= 15 is 0 Å². The number of carbonyl (C=O) groups is 1. The van der Waals surface area contributed by atoms with Gasteiger partial charge in [-0.15, -0.1) is 10.2 Å². The quantitative estimate of drug-likeness (QED) is 0.613. The molecule has 0 atom stereocenters. The molecular weight excluding hydrogens is 282 g/mol. The van der Waals surface area contributed by atoms with Crippen LogP contribution in [0, 0.1) is 6.92 Å². The number of fused-ring (bicyclic) bond motifs is 2. The SMILES string of the molecule is Cc1nnc2cc(C(=O)Nc3nc4ccccc4o3)ccn12. The molecule has 3 aromatic heterocycles. The van der Waals surface area contributed by atoms with Crippen LogP contribution in [0.3, 0.4) is 0 Å². The Morgan fingerprint density at radius 1 is 1.23 bits per heavy atom. The number of para-hydroxylation sites is 2. The van der Waals surface area contributed by atoms with E-state index in [1.54, 1.807) is 28.8 Å². The molecule has 0 bridgehead atoms. The highest BCUT2D eigenvalue weighted by Gasteiger charge is 2.12. The van der Waals surface area contributed by atoms with E-state index in [1.807, 2.05) is 25.1 Å². The Hall–Kier alpha value is -3.22. The van der Waals surface area contributed by atoms with Crippen LogP contribution in [-0.2, 0) is 0 Å². The number of pyridine rings is 1. The lowest BCUT2D eigenvalue weighted by Crippen LogP contribution is -2.12. The van der Waals surface area contributed by atoms with Gasteiger partial charge >= 0.3 is 6.01 Å². The molecule has 4 aromatic rings. The number of aromatic nitrogens is 4. The number of benzene rings is 1. The molecule has 3 heterocycles. The summed E-state index contributed by atoms with van der Waals surface area (Å²) in [6, 6.07) is 10.9. The van der Waals surface area contributed by atoms with Crippen LogP contribution < -0.4 is 5.32 Å². The largest absolute Gasteiger partial charge is 0.423 e. The molecule has 7 nitrogen and oxygen atoms in total. The van der Waals surface area contributed by atoms with Crippen molar-refractivity contribution < 1.29 is 9.21 Å². The summed E-state index contributed by atoms with van der Waals surface area (Å²) in [5.41, 5.74) is 2.40. The first-order valence-electron chi connectivity index (χ1n) is 6.69. The maximum atomic E-state index is 12.3. The first kappa shape index (κ1) is 12.5. The maximum absolute atomic E-state index is 12.3. The summed E-state index contributed by atoms with van der Waals surface area (Å²) in [6.07, 6.45) is 1.76. The highest BCUT2D eigenvalue weighted by molar-refractivity contribution is 6.04. The molecule has 0 saturated carbocycles. The van der Waals surface area contributed by atoms with Crippen molar-refractivity contribution in [1.29, 1.82) is 0 Å². The molecule has 0 radical (unpaired) electrons. The second-order valence-corrected chi connectivity index (χ2v) is 4.83. The minimum absolute atomic E-state index is 0.170. The molecule has 0 aliphatic heterocycles. The van der Waals surface area contributed by atoms with Gasteiger partial charge < -0.3 is 4.42 Å². The summed E-state index contributed by atoms with van der Waals surface area (Å²) >= 11 is 0. The number of aryl methyl sites for hydroxylation is 1. The summed E-state index contributed by atoms with van der Waals surface area (Å²) < 4.78 is 7.28. The second kappa shape index (κ2) is 4.66. The standard InChI is InChI=1S/C15H11N5O2/c1-9-18-19-13-8-10(6-7-20(9)13)14(21)17-15-16-11-4-2-3-5-12(11)22-15/h2-8H,1H3,(H,16,17,21). The Labute approximate surface area is 124 Å². The van der Waals surface area contributed by atoms with Crippen LogP contribution in [0.15, 0.2) is 47.0 Å². The molecule has 22 heavy (non-hydrogen) atoms. The number of oxazole rings is 1. The van der Waals surface area contributed by atoms with Crippen molar-refractivity contribution in [1.82, 2.24) is 19.6 Å². The van der Waals surface area contributed by atoms with Gasteiger partial charge in [-0.25, -0.2) is 0 Å². The number of rotatable bonds is 2. The molecule has 0 aliphatic rings. The van der Waals surface area contributed by atoms with Gasteiger partial charge in [-0.1, -0.05) is 12.1 Å². The summed E-state index contributed by atoms with van der Waals surface area (Å²) in [5, 5.41) is 10.6. The molecule has 0 fully saturated rings. The number of nitrogens with zero attached hydrogens (tertiary/aromatic N) is 4. The minimum Gasteiger partial charge on any atom is -0.423 e. The van der Waals surface area contributed by atoms with E-state index in [-0.39, 0.29) is 11.9 Å². The third kappa shape index (κ3) is 1.99. The Morgan fingerprint density at radius 3 is 2.95 bits per heavy atom. The Bertz CT molecular complexity index is 968. The zero-order chi connectivity index (χ0) is 15.1. The van der Waals surface area contributed by atoms with Gasteiger partial charge in [-0.2, -0.15) is 4.98 Å². The fraction of sp³-hybridized carbons (Fsp3) is 0.0667. The van der Waals surface area contributed by atoms with E-state index in [4.69, 9.17) is 4.42 Å². The van der Waals surface area contributed by atoms with Crippen molar-refractivity contribution in [3.63, 3.8) is 0 Å². The lowest BCUT2D eigenvalue weighted by Gasteiger charge is -2.01. The lowest BCUT2D eigenvalue weighted by atomic mass is 10.2. The van der Waals surface area contributed by atoms with Crippen molar-refractivity contribution in [3.05, 3.63) is 54.0 Å². The molecule has 4 rings (SSSR count). The molecule has 0 spiro atoms. The molecule has 1 N–H and O–H groups in total. The third-order valence-electron chi connectivity index (χ3n) is 3.36. The molecule has 7 heteroatoms. The number of hydrogen-bond acceptors (Lipinski definition) is 5. The summed E-state index contributed by atoms with van der Waals surface area (Å²) in [6.45, 7) is 1.85. The van der Waals surface area contributed by atoms with Gasteiger partial charge in [0.05, 0.1) is 0 Å². The van der Waals surface area contributed by atoms with E-state index in [1.165, 1.54) is 0 Å². The number of carbonyl (C=O) groups excluding carboxylic acids is 1. The average molecular weight is 293 g/mol. The van der Waals surface area contributed by atoms with E-state index in [0.29, 0.717) is 22.3 Å². The van der Waals surface area contributed by atoms with E-state index < -0.39 is 0 Å². The Kier molecular flexibility index (Phi) is 2.65. The maximum Gasteiger partial charge on any atom is 0.302 e. The highest BCUT2D eigenvalue weighted by Crippen LogP contribution is 2.18. The van der Waals surface area contributed by atoms with Crippen LogP contribution in [0.2, 0.25) is 0 Å². The van der Waals surface area contributed by atoms with Crippen LogP contribution in [0.1, 0.15) is 16.2 Å². The Morgan fingerprint density at radius 2 is 2.09 bits per heavy atom. The molecule has 0 aliphatic carbocycles. The van der Waals surface area contributed by atoms with Crippen molar-refractivity contribution in [3.8, 4) is 0 Å². The zero-order valence-electron chi connectivity index (χ0n) is 11.6. The predicted molar refractivity (Wildman–Crippen MR) is 79.7 cm³/mol. The number of anilines is 1. The first-order chi connectivity index (χ1) is 10.7. The van der Waals surface area contributed by atoms with Gasteiger partial charge in [0.2, 0.25) is 0 Å². The smallest absolute Gasteiger partial charge is 0.302 e. The number of amides is 1. The van der Waals surface area contributed by atoms with E-state index in [9.17, 15) is 4.79 Å². The summed E-state index contributed by atoms with van der Waals surface area (Å²) in [5.74, 6) is 0.454. The second-order valence-electron chi connectivity index (χ2n) is 4.83. The van der Waals surface area contributed by atoms with E-state index in [2.05, 4.69) is 20.5 Å². The van der Waals surface area contributed by atoms with Gasteiger partial charge in [0, 0.05) is 11.8 Å². The zero-order valence-corrected chi connectivity index (χ0v) is 11.6. The van der Waals surface area contributed by atoms with Gasteiger partial charge in [-0.05, 0) is 31.2 Å². The fourth-order valence-corrected chi connectivity index (χ4v) is 2.25. The van der Waals surface area contributed by atoms with Crippen molar-refractivity contribution in [2.75, 3.05) is 5.32 Å². The Balaban J connectivity index is 1.64. The van der Waals surface area contributed by atoms with Crippen molar-refractivity contribution in [2.24, 2.45) is 0 Å². The summed E-state index contributed by atoms with van der Waals surface area (Å²) in [7, 11) is 0. The van der Waals surface area contributed by atoms with Gasteiger partial charge in [0.15, 0.2) is 11.2 Å². The van der Waals surface area contributed by atoms with Gasteiger partial charge in [-0.3, -0.25) is 14.5 Å². The average Bonchev–Trinajstić information content (AvgIpc) is 3.10. The molecule has 1 aromatic carbocycles. The molecule has 0 saturated heterocycles. The third-order valence-corrected chi connectivity index (χ3v) is 3.36. The van der Waals surface area contributed by atoms with Crippen LogP contribution >= 0.6 is 0 Å². The first-order valence-corrected chi connectivity index (χ1v) is 6.69. The van der Waals surface area contributed by atoms with Crippen LogP contribution in [0.5, 0.6) is 0 Å². The topological polar surface area (TPSA) is 85.3 Å². The van der Waals surface area contributed by atoms with Gasteiger partial charge in [0.1, 0.15) is 11.3 Å². The minimum atomic E-state index is -0.310. The van der Waals surface area contributed by atoms with Crippen molar-refractivity contribution in [2.45, 2.75) is 6.92 Å². The van der Waals surface area contributed by atoms with Crippen molar-refractivity contribution >= 4 is 28.7 Å². The van der Waals surface area contributed by atoms with E-state index in [0.717, 1.165) is 5.82 Å². The number of nitrogens with one attached hydrogen (secondary N) is 1. The highest BCUT2D eigenvalue weighted by atomic mass is 16.4. The molecule has 0 unspecified atom stereocenters. The number of hydrogen-bond donors (Lipinski definition) is 1. The molecule has 108 valence electrons. The summed E-state index contributed by atoms with van der Waals surface area (Å²) in [4.78, 5) is 16.5. The fourth-order valence-electron chi connectivity index (χ4n) is 2.25. The van der Waals surface area contributed by atoms with Gasteiger partial charge in [0.25, 0.3) is 5.91 Å². The van der Waals surface area contributed by atoms with Crippen LogP contribution in [0.25, 0.3) is 16.7 Å². The predicted octanol–water partition coefficient (Wildman–Crippen LogP) is 2.43. The van der Waals surface area contributed by atoms with Crippen LogP contribution in [0.4, 0.5) is 6.01 Å². The normalized spacial score (nSPS) is 11.1. The van der Waals surface area contributed by atoms with Crippen LogP contribution in [-0.4, -0.2) is 25.5 Å². The monoisotopic (exact) mass is 293 g/mol. The molecular formula is C15H11N5O2.